The van der Waals surface area contributed by atoms with Crippen molar-refractivity contribution in [1.29, 1.82) is 0 Å². The summed E-state index contributed by atoms with van der Waals surface area (Å²) in [6.07, 6.45) is 1.88. The van der Waals surface area contributed by atoms with E-state index in [1.807, 2.05) is 63.2 Å². The van der Waals surface area contributed by atoms with Crippen molar-refractivity contribution in [2.75, 3.05) is 0 Å². The van der Waals surface area contributed by atoms with Gasteiger partial charge in [-0.15, -0.1) is 0 Å². The highest BCUT2D eigenvalue weighted by molar-refractivity contribution is 5.84. The Morgan fingerprint density at radius 1 is 0.846 bits per heavy atom. The zero-order valence-electron chi connectivity index (χ0n) is 15.5. The number of hydrogen-bond donors (Lipinski definition) is 0. The SMILES string of the molecule is CCCC(=O)OC1(OC(=O)CCC)c2ccccc2-c2cccc(C)c21. The molecule has 2 aromatic carbocycles. The van der Waals surface area contributed by atoms with Gasteiger partial charge in [0, 0.05) is 18.4 Å². The molecule has 0 N–H and O–H groups in total. The van der Waals surface area contributed by atoms with Gasteiger partial charge in [-0.3, -0.25) is 9.59 Å². The Labute approximate surface area is 154 Å². The number of carbonyl (C=O) groups is 2. The molecule has 0 saturated heterocycles. The molecule has 0 bridgehead atoms. The molecule has 0 aromatic heterocycles. The lowest BCUT2D eigenvalue weighted by Crippen LogP contribution is -2.37. The maximum Gasteiger partial charge on any atom is 0.312 e. The van der Waals surface area contributed by atoms with Crippen LogP contribution >= 0.6 is 0 Å². The summed E-state index contributed by atoms with van der Waals surface area (Å²) >= 11 is 0. The van der Waals surface area contributed by atoms with Crippen LogP contribution in [0.25, 0.3) is 11.1 Å². The maximum atomic E-state index is 12.5. The third kappa shape index (κ3) is 3.00. The molecule has 4 heteroatoms. The van der Waals surface area contributed by atoms with Crippen LogP contribution in [0.3, 0.4) is 0 Å². The molecule has 3 rings (SSSR count). The van der Waals surface area contributed by atoms with E-state index in [1.165, 1.54) is 0 Å². The van der Waals surface area contributed by atoms with E-state index in [0.717, 1.165) is 22.3 Å². The van der Waals surface area contributed by atoms with Crippen LogP contribution in [0.5, 0.6) is 0 Å². The molecule has 0 fully saturated rings. The van der Waals surface area contributed by atoms with Gasteiger partial charge < -0.3 is 9.47 Å². The largest absolute Gasteiger partial charge is 0.413 e. The first-order chi connectivity index (χ1) is 12.5. The first kappa shape index (κ1) is 18.2. The topological polar surface area (TPSA) is 52.6 Å². The van der Waals surface area contributed by atoms with Crippen LogP contribution in [-0.4, -0.2) is 11.9 Å². The normalized spacial score (nSPS) is 13.7. The molecule has 0 spiro atoms. The molecule has 26 heavy (non-hydrogen) atoms. The second-order valence-electron chi connectivity index (χ2n) is 6.61. The molecule has 136 valence electrons. The van der Waals surface area contributed by atoms with E-state index in [0.29, 0.717) is 18.4 Å². The van der Waals surface area contributed by atoms with E-state index in [-0.39, 0.29) is 24.8 Å². The van der Waals surface area contributed by atoms with E-state index in [1.54, 1.807) is 0 Å². The number of aryl methyl sites for hydroxylation is 1. The number of carbonyl (C=O) groups excluding carboxylic acids is 2. The van der Waals surface area contributed by atoms with Crippen LogP contribution in [-0.2, 0) is 24.8 Å². The second-order valence-corrected chi connectivity index (χ2v) is 6.61. The zero-order valence-corrected chi connectivity index (χ0v) is 15.5. The molecule has 0 amide bonds. The Bertz CT molecular complexity index is 818. The number of rotatable bonds is 6. The quantitative estimate of drug-likeness (QED) is 0.550. The Hall–Kier alpha value is -2.62. The summed E-state index contributed by atoms with van der Waals surface area (Å²) in [7, 11) is 0. The van der Waals surface area contributed by atoms with E-state index in [9.17, 15) is 9.59 Å². The predicted octanol–water partition coefficient (Wildman–Crippen LogP) is 4.86. The predicted molar refractivity (Wildman–Crippen MR) is 99.4 cm³/mol. The lowest BCUT2D eigenvalue weighted by molar-refractivity contribution is -0.217. The van der Waals surface area contributed by atoms with Gasteiger partial charge in [-0.2, -0.15) is 0 Å². The van der Waals surface area contributed by atoms with Crippen molar-refractivity contribution in [3.63, 3.8) is 0 Å². The van der Waals surface area contributed by atoms with Crippen LogP contribution in [0, 0.1) is 6.92 Å². The van der Waals surface area contributed by atoms with E-state index in [4.69, 9.17) is 9.47 Å². The summed E-state index contributed by atoms with van der Waals surface area (Å²) in [4.78, 5) is 24.9. The van der Waals surface area contributed by atoms with Crippen LogP contribution < -0.4 is 0 Å². The number of hydrogen-bond acceptors (Lipinski definition) is 4. The minimum Gasteiger partial charge on any atom is -0.413 e. The summed E-state index contributed by atoms with van der Waals surface area (Å²) in [5.74, 6) is -2.25. The second kappa shape index (κ2) is 7.32. The highest BCUT2D eigenvalue weighted by Crippen LogP contribution is 2.52. The molecule has 0 heterocycles. The molecule has 4 nitrogen and oxygen atoms in total. The Morgan fingerprint density at radius 3 is 2.04 bits per heavy atom. The summed E-state index contributed by atoms with van der Waals surface area (Å²) in [5.41, 5.74) is 4.25. The van der Waals surface area contributed by atoms with Crippen molar-refractivity contribution in [3.8, 4) is 11.1 Å². The van der Waals surface area contributed by atoms with Gasteiger partial charge in [0.25, 0.3) is 0 Å². The summed E-state index contributed by atoms with van der Waals surface area (Å²) in [6.45, 7) is 5.78. The molecule has 0 radical (unpaired) electrons. The molecule has 0 atom stereocenters. The van der Waals surface area contributed by atoms with Gasteiger partial charge in [0.05, 0.1) is 5.56 Å². The number of ether oxygens (including phenoxy) is 2. The van der Waals surface area contributed by atoms with Gasteiger partial charge >= 0.3 is 17.7 Å². The Kier molecular flexibility index (Phi) is 5.12. The fourth-order valence-corrected chi connectivity index (χ4v) is 3.53. The smallest absolute Gasteiger partial charge is 0.312 e. The van der Waals surface area contributed by atoms with Gasteiger partial charge in [0.1, 0.15) is 0 Å². The van der Waals surface area contributed by atoms with Gasteiger partial charge in [-0.1, -0.05) is 56.3 Å². The molecular weight excluding hydrogens is 328 g/mol. The summed E-state index contributed by atoms with van der Waals surface area (Å²) in [5, 5.41) is 0. The van der Waals surface area contributed by atoms with Crippen molar-refractivity contribution in [3.05, 3.63) is 59.2 Å². The van der Waals surface area contributed by atoms with Crippen molar-refractivity contribution < 1.29 is 19.1 Å². The third-order valence-corrected chi connectivity index (χ3v) is 4.60. The van der Waals surface area contributed by atoms with Crippen molar-refractivity contribution in [2.24, 2.45) is 0 Å². The van der Waals surface area contributed by atoms with Crippen LogP contribution in [0.4, 0.5) is 0 Å². The van der Waals surface area contributed by atoms with E-state index < -0.39 is 5.79 Å². The van der Waals surface area contributed by atoms with Crippen LogP contribution in [0.1, 0.15) is 56.2 Å². The van der Waals surface area contributed by atoms with Crippen molar-refractivity contribution in [1.82, 2.24) is 0 Å². The average Bonchev–Trinajstić information content (AvgIpc) is 2.87. The molecule has 1 aliphatic carbocycles. The van der Waals surface area contributed by atoms with Gasteiger partial charge in [0.2, 0.25) is 0 Å². The van der Waals surface area contributed by atoms with Crippen LogP contribution in [0.15, 0.2) is 42.5 Å². The Morgan fingerprint density at radius 2 is 1.42 bits per heavy atom. The number of esters is 2. The van der Waals surface area contributed by atoms with Crippen molar-refractivity contribution >= 4 is 11.9 Å². The molecule has 1 aliphatic rings. The first-order valence-corrected chi connectivity index (χ1v) is 9.17. The highest BCUT2D eigenvalue weighted by Gasteiger charge is 2.51. The van der Waals surface area contributed by atoms with Crippen molar-refractivity contribution in [2.45, 2.75) is 52.2 Å². The minimum atomic E-state index is -1.50. The lowest BCUT2D eigenvalue weighted by atomic mass is 9.98. The average molecular weight is 352 g/mol. The maximum absolute atomic E-state index is 12.5. The third-order valence-electron chi connectivity index (χ3n) is 4.60. The number of benzene rings is 2. The monoisotopic (exact) mass is 352 g/mol. The van der Waals surface area contributed by atoms with Gasteiger partial charge in [-0.05, 0) is 36.5 Å². The molecule has 2 aromatic rings. The van der Waals surface area contributed by atoms with E-state index in [2.05, 4.69) is 0 Å². The zero-order chi connectivity index (χ0) is 18.7. The molecule has 0 saturated carbocycles. The van der Waals surface area contributed by atoms with Gasteiger partial charge in [-0.25, -0.2) is 0 Å². The molecule has 0 aliphatic heterocycles. The summed E-state index contributed by atoms with van der Waals surface area (Å²) in [6, 6.07) is 13.5. The van der Waals surface area contributed by atoms with Gasteiger partial charge in [0.15, 0.2) is 0 Å². The molecular formula is C22H24O4. The molecule has 0 unspecified atom stereocenters. The lowest BCUT2D eigenvalue weighted by Gasteiger charge is -2.32. The first-order valence-electron chi connectivity index (χ1n) is 9.17. The number of fused-ring (bicyclic) bond motifs is 3. The van der Waals surface area contributed by atoms with Crippen LogP contribution in [0.2, 0.25) is 0 Å². The Balaban J connectivity index is 2.21. The highest BCUT2D eigenvalue weighted by atomic mass is 16.7. The fraction of sp³-hybridized carbons (Fsp3) is 0.364. The minimum absolute atomic E-state index is 0.274. The summed E-state index contributed by atoms with van der Waals surface area (Å²) < 4.78 is 11.8. The standard InChI is InChI=1S/C22H24O4/c1-4-9-19(23)25-22(26-20(24)10-5-2)18-14-7-6-12-16(18)17-13-8-11-15(3)21(17)22/h6-8,11-14H,4-5,9-10H2,1-3H3. The van der Waals surface area contributed by atoms with E-state index >= 15 is 0 Å². The fourth-order valence-electron chi connectivity index (χ4n) is 3.53.